The molecule has 97 heavy (non-hydrogen) atoms. The molecule has 18 heteroatoms. The van der Waals surface area contributed by atoms with Gasteiger partial charge in [-0.3, -0.25) is 21.3 Å². The van der Waals surface area contributed by atoms with Crippen LogP contribution in [-0.4, -0.2) is 117 Å². The van der Waals surface area contributed by atoms with Crippen molar-refractivity contribution in [2.24, 2.45) is 10.8 Å². The van der Waals surface area contributed by atoms with E-state index in [1.54, 1.807) is 55.7 Å². The molecular formula is C79H96N4O14. The molecule has 6 aromatic rings. The minimum Gasteiger partial charge on any atom is -0.448 e. The minimum atomic E-state index is -0.738. The number of carbonyl (C=O) groups excluding carboxylic acids is 4. The molecule has 6 aromatic carbocycles. The Labute approximate surface area is 573 Å². The summed E-state index contributed by atoms with van der Waals surface area (Å²) in [4.78, 5) is 50.7. The largest absolute Gasteiger partial charge is 0.448 e. The predicted molar refractivity (Wildman–Crippen MR) is 387 cm³/mol. The normalized spacial score (nSPS) is 11.1. The van der Waals surface area contributed by atoms with Gasteiger partial charge in [0, 0.05) is 29.9 Å². The maximum atomic E-state index is 12.7. The van der Waals surface area contributed by atoms with Crippen LogP contribution in [0.5, 0.6) is 11.5 Å². The SMILES string of the molecule is C=CCOCC(COC)(COCC=C)COC(=O)Nc1ccc(Cc2ccc(NC(=O)Oc3ccc(C(C)(C)C)cc3CC=C)cc2)cc1.C=CCOCC(COCC=C)(COCC=C)COC(=O)Nc1ccc(Cc2ccc(NC(=O)Oc3ccc(C)cc3CC=C)cc2)cc1. The van der Waals surface area contributed by atoms with E-state index in [1.165, 1.54) is 0 Å². The Hall–Kier alpha value is -9.66. The summed E-state index contributed by atoms with van der Waals surface area (Å²) >= 11 is 0. The first-order chi connectivity index (χ1) is 46.8. The fraction of sp³-hybridized carbons (Fsp3) is 0.316. The van der Waals surface area contributed by atoms with E-state index in [2.05, 4.69) is 94.2 Å². The minimum absolute atomic E-state index is 0.00716. The molecule has 0 atom stereocenters. The van der Waals surface area contributed by atoms with E-state index in [1.807, 2.05) is 128 Å². The van der Waals surface area contributed by atoms with Gasteiger partial charge >= 0.3 is 24.4 Å². The Bertz CT molecular complexity index is 3440. The van der Waals surface area contributed by atoms with Gasteiger partial charge in [0.1, 0.15) is 24.7 Å². The fourth-order valence-corrected chi connectivity index (χ4v) is 9.71. The second-order valence-electron chi connectivity index (χ2n) is 24.2. The van der Waals surface area contributed by atoms with Crippen LogP contribution in [0.1, 0.15) is 65.3 Å². The van der Waals surface area contributed by atoms with Gasteiger partial charge in [-0.05, 0) is 138 Å². The number of hydrogen-bond donors (Lipinski definition) is 4. The molecule has 0 aliphatic carbocycles. The first-order valence-electron chi connectivity index (χ1n) is 31.9. The van der Waals surface area contributed by atoms with E-state index in [9.17, 15) is 19.2 Å². The van der Waals surface area contributed by atoms with Gasteiger partial charge in [0.05, 0.1) is 83.5 Å². The Morgan fingerprint density at radius 2 is 0.691 bits per heavy atom. The molecule has 0 radical (unpaired) electrons. The summed E-state index contributed by atoms with van der Waals surface area (Å²) in [6.45, 7) is 37.7. The number of hydrogen-bond acceptors (Lipinski definition) is 14. The van der Waals surface area contributed by atoms with Gasteiger partial charge in [-0.1, -0.05) is 142 Å². The number of aryl methyl sites for hydroxylation is 1. The average molecular weight is 1330 g/mol. The van der Waals surface area contributed by atoms with Crippen molar-refractivity contribution in [3.63, 3.8) is 0 Å². The van der Waals surface area contributed by atoms with E-state index in [0.717, 1.165) is 44.5 Å². The van der Waals surface area contributed by atoms with Crippen LogP contribution >= 0.6 is 0 Å². The number of nitrogens with one attached hydrogen (secondary N) is 4. The second kappa shape index (κ2) is 42.0. The van der Waals surface area contributed by atoms with Crippen molar-refractivity contribution in [2.75, 3.05) is 114 Å². The van der Waals surface area contributed by atoms with Crippen LogP contribution in [0.2, 0.25) is 0 Å². The molecule has 4 amide bonds. The lowest BCUT2D eigenvalue weighted by Crippen LogP contribution is -2.42. The fourth-order valence-electron chi connectivity index (χ4n) is 9.71. The van der Waals surface area contributed by atoms with E-state index in [-0.39, 0.29) is 58.3 Å². The molecule has 4 N–H and O–H groups in total. The van der Waals surface area contributed by atoms with E-state index >= 15 is 0 Å². The van der Waals surface area contributed by atoms with Gasteiger partial charge in [-0.2, -0.15) is 0 Å². The molecule has 0 aliphatic heterocycles. The molecule has 516 valence electrons. The lowest BCUT2D eigenvalue weighted by atomic mass is 9.85. The van der Waals surface area contributed by atoms with Crippen LogP contribution in [0.4, 0.5) is 41.9 Å². The summed E-state index contributed by atoms with van der Waals surface area (Å²) in [5, 5.41) is 11.1. The average Bonchev–Trinajstić information content (AvgIpc) is 0.876. The lowest BCUT2D eigenvalue weighted by molar-refractivity contribution is -0.0828. The monoisotopic (exact) mass is 1320 g/mol. The van der Waals surface area contributed by atoms with E-state index in [4.69, 9.17) is 47.4 Å². The molecule has 0 heterocycles. The van der Waals surface area contributed by atoms with Crippen LogP contribution < -0.4 is 30.7 Å². The van der Waals surface area contributed by atoms with Gasteiger partial charge in [0.15, 0.2) is 0 Å². The van der Waals surface area contributed by atoms with Gasteiger partial charge in [0.25, 0.3) is 0 Å². The molecule has 0 aliphatic rings. The summed E-state index contributed by atoms with van der Waals surface area (Å²) in [5.41, 5.74) is 9.22. The summed E-state index contributed by atoms with van der Waals surface area (Å²) < 4.78 is 56.3. The smallest absolute Gasteiger partial charge is 0.417 e. The Kier molecular flexibility index (Phi) is 33.8. The zero-order valence-electron chi connectivity index (χ0n) is 56.9. The maximum Gasteiger partial charge on any atom is 0.417 e. The highest BCUT2D eigenvalue weighted by molar-refractivity contribution is 5.88. The van der Waals surface area contributed by atoms with Crippen LogP contribution in [-0.2, 0) is 69.0 Å². The topological polar surface area (TPSA) is 209 Å². The number of allylic oxidation sites excluding steroid dienone is 2. The van der Waals surface area contributed by atoms with E-state index in [0.29, 0.717) is 93.0 Å². The molecule has 0 aromatic heterocycles. The molecule has 0 bridgehead atoms. The third-order valence-electron chi connectivity index (χ3n) is 14.6. The quantitative estimate of drug-likeness (QED) is 0.0208. The number of ether oxygens (including phenoxy) is 10. The molecule has 0 unspecified atom stereocenters. The number of rotatable bonds is 40. The standard InChI is InChI=1S/C40H50N2O7.C39H46N2O7/c1-8-11-32-25-33(39(4,5)6)16-21-36(32)49-38(44)42-35-19-14-31(15-20-35)24-30-12-17-34(18-13-30)41-37(43)48-29-40(26-45-7,27-46-22-9-2)28-47-23-10-3;1-6-10-33-24-30(5)11-20-36(33)48-38(43)41-35-18-14-32(15-19-35)25-31-12-16-34(17-13-31)40-37(42)47-29-39(26-44-21-7-2,27-45-22-8-3)28-46-23-9-4/h8-10,12-21,25H,1-3,11,22-24,26-29H2,4-7H3,(H,41,43)(H,42,44);6-9,11-20,24H,1-4,10,21-23,25-29H2,5H3,(H,40,42)(H,41,43). The molecule has 6 rings (SSSR count). The zero-order chi connectivity index (χ0) is 70.3. The molecular weight excluding hydrogens is 1230 g/mol. The van der Waals surface area contributed by atoms with Crippen molar-refractivity contribution in [2.45, 2.75) is 58.8 Å². The van der Waals surface area contributed by atoms with Crippen LogP contribution in [0, 0.1) is 17.8 Å². The molecule has 18 nitrogen and oxygen atoms in total. The van der Waals surface area contributed by atoms with Crippen LogP contribution in [0.3, 0.4) is 0 Å². The first-order valence-corrected chi connectivity index (χ1v) is 31.9. The summed E-state index contributed by atoms with van der Waals surface area (Å²) in [6, 6.07) is 41.7. The number of methoxy groups -OCH3 is 1. The van der Waals surface area contributed by atoms with Gasteiger partial charge in [0.2, 0.25) is 0 Å². The molecule has 0 fully saturated rings. The highest BCUT2D eigenvalue weighted by Gasteiger charge is 2.35. The van der Waals surface area contributed by atoms with Crippen molar-refractivity contribution in [3.05, 3.63) is 267 Å². The van der Waals surface area contributed by atoms with Crippen molar-refractivity contribution in [1.82, 2.24) is 0 Å². The third kappa shape index (κ3) is 28.7. The lowest BCUT2D eigenvalue weighted by Gasteiger charge is -2.32. The Morgan fingerprint density at radius 1 is 0.381 bits per heavy atom. The summed E-state index contributed by atoms with van der Waals surface area (Å²) in [5.74, 6) is 1.01. The zero-order valence-corrected chi connectivity index (χ0v) is 56.9. The van der Waals surface area contributed by atoms with Crippen molar-refractivity contribution < 1.29 is 66.5 Å². The molecule has 0 saturated heterocycles. The summed E-state index contributed by atoms with van der Waals surface area (Å²) in [6.07, 6.45) is 12.0. The number of carbonyl (C=O) groups is 4. The number of amides is 4. The van der Waals surface area contributed by atoms with Gasteiger partial charge < -0.3 is 47.4 Å². The highest BCUT2D eigenvalue weighted by Crippen LogP contribution is 2.30. The van der Waals surface area contributed by atoms with Gasteiger partial charge in [-0.15, -0.1) is 46.1 Å². The van der Waals surface area contributed by atoms with Crippen LogP contribution in [0.25, 0.3) is 0 Å². The second-order valence-corrected chi connectivity index (χ2v) is 24.2. The number of benzene rings is 6. The maximum absolute atomic E-state index is 12.7. The molecule has 0 saturated carbocycles. The first kappa shape index (κ1) is 78.0. The third-order valence-corrected chi connectivity index (χ3v) is 14.6. The highest BCUT2D eigenvalue weighted by atomic mass is 16.6. The van der Waals surface area contributed by atoms with Gasteiger partial charge in [-0.25, -0.2) is 19.2 Å². The Balaban J connectivity index is 0.000000351. The van der Waals surface area contributed by atoms with Crippen molar-refractivity contribution in [3.8, 4) is 11.5 Å². The predicted octanol–water partition coefficient (Wildman–Crippen LogP) is 16.6. The van der Waals surface area contributed by atoms with Crippen molar-refractivity contribution in [1.29, 1.82) is 0 Å². The van der Waals surface area contributed by atoms with Crippen LogP contribution in [0.15, 0.2) is 222 Å². The Morgan fingerprint density at radius 3 is 1.00 bits per heavy atom. The number of anilines is 4. The summed E-state index contributed by atoms with van der Waals surface area (Å²) in [7, 11) is 1.58. The van der Waals surface area contributed by atoms with Crippen molar-refractivity contribution >= 4 is 47.1 Å². The van der Waals surface area contributed by atoms with E-state index < -0.39 is 35.2 Å². The molecule has 0 spiro atoms.